The zero-order valence-corrected chi connectivity index (χ0v) is 7.85. The van der Waals surface area contributed by atoms with Gasteiger partial charge in [0, 0.05) is 5.30 Å². The molecule has 0 nitrogen and oxygen atoms in total. The first-order chi connectivity index (χ1) is 5.46. The summed E-state index contributed by atoms with van der Waals surface area (Å²) in [5, 5.41) is -0.952. The van der Waals surface area contributed by atoms with Gasteiger partial charge in [-0.05, 0) is 0 Å². The van der Waals surface area contributed by atoms with E-state index in [4.69, 9.17) is 0 Å². The summed E-state index contributed by atoms with van der Waals surface area (Å²) in [6, 6.07) is 0. The molecule has 0 aromatic heterocycles. The van der Waals surface area contributed by atoms with Crippen LogP contribution in [0.2, 0.25) is 0 Å². The normalized spacial score (nSPS) is 9.69. The van der Waals surface area contributed by atoms with E-state index in [1.54, 1.807) is 0 Å². The molecule has 7 heteroatoms. The molecule has 1 atom stereocenters. The smallest absolute Gasteiger partial charge is 0.200 e. The fourth-order valence-corrected chi connectivity index (χ4v) is 0.875. The molecule has 0 saturated carbocycles. The molecule has 1 aromatic carbocycles. The maximum absolute atomic E-state index is 12.4. The third-order valence-corrected chi connectivity index (χ3v) is 1.75. The van der Waals surface area contributed by atoms with Crippen LogP contribution in [0.1, 0.15) is 0 Å². The molecule has 1 rings (SSSR count). The summed E-state index contributed by atoms with van der Waals surface area (Å²) < 4.78 is 61.5. The van der Waals surface area contributed by atoms with Gasteiger partial charge in [-0.3, -0.25) is 0 Å². The van der Waals surface area contributed by atoms with Crippen LogP contribution in [-0.2, 0) is 0 Å². The topological polar surface area (TPSA) is 0 Å². The Bertz CT molecular complexity index is 235. The van der Waals surface area contributed by atoms with Gasteiger partial charge in [-0.2, -0.15) is 0 Å². The minimum Gasteiger partial charge on any atom is -0.203 e. The highest BCUT2D eigenvalue weighted by atomic mass is 35.5. The highest BCUT2D eigenvalue weighted by Crippen LogP contribution is 2.17. The molecule has 1 aromatic rings. The largest absolute Gasteiger partial charge is 0.203 e. The lowest BCUT2D eigenvalue weighted by Gasteiger charge is -2.02. The molecule has 0 bridgehead atoms. The van der Waals surface area contributed by atoms with E-state index in [9.17, 15) is 22.0 Å². The number of hydrogen-bond acceptors (Lipinski definition) is 0. The summed E-state index contributed by atoms with van der Waals surface area (Å²) in [6.45, 7) is 0. The zero-order valence-electron chi connectivity index (χ0n) is 5.88. The average molecular weight is 237 g/mol. The van der Waals surface area contributed by atoms with Gasteiger partial charge in [-0.1, -0.05) is 9.24 Å². The summed E-state index contributed by atoms with van der Waals surface area (Å²) in [5.74, 6) is -9.65. The van der Waals surface area contributed by atoms with Crippen LogP contribution in [0.4, 0.5) is 22.0 Å². The molecule has 0 N–H and O–H groups in total. The first-order valence-electron chi connectivity index (χ1n) is 2.73. The Labute approximate surface area is 78.7 Å². The third-order valence-electron chi connectivity index (χ3n) is 1.24. The van der Waals surface area contributed by atoms with Crippen molar-refractivity contribution in [2.45, 2.75) is 0 Å². The highest BCUT2D eigenvalue weighted by molar-refractivity contribution is 7.27. The van der Waals surface area contributed by atoms with Crippen molar-refractivity contribution >= 4 is 27.0 Å². The molecule has 0 spiro atoms. The first kappa shape index (κ1) is 12.6. The van der Waals surface area contributed by atoms with E-state index in [1.807, 2.05) is 0 Å². The molecule has 0 fully saturated rings. The van der Waals surface area contributed by atoms with Crippen LogP contribution in [0.3, 0.4) is 0 Å². The van der Waals surface area contributed by atoms with E-state index in [1.165, 1.54) is 9.24 Å². The van der Waals surface area contributed by atoms with E-state index in [2.05, 4.69) is 0 Å². The molecule has 0 aliphatic rings. The molecular weight excluding hydrogens is 233 g/mol. The Balaban J connectivity index is 0.00000144. The maximum atomic E-state index is 12.4. The van der Waals surface area contributed by atoms with Crippen molar-refractivity contribution in [2.75, 3.05) is 0 Å². The second-order valence-electron chi connectivity index (χ2n) is 1.98. The van der Waals surface area contributed by atoms with Crippen LogP contribution in [0.5, 0.6) is 0 Å². The molecule has 0 saturated heterocycles. The fraction of sp³-hybridized carbons (Fsp3) is 0. The minimum absolute atomic E-state index is 0. The van der Waals surface area contributed by atoms with Gasteiger partial charge >= 0.3 is 0 Å². The molecule has 1 unspecified atom stereocenters. The molecular formula is C6H3ClF5P. The summed E-state index contributed by atoms with van der Waals surface area (Å²) in [5.41, 5.74) is 0. The SMILES string of the molecule is Cl.Fc1c(F)c(F)c(P)c(F)c1F. The quantitative estimate of drug-likeness (QED) is 0.281. The lowest BCUT2D eigenvalue weighted by molar-refractivity contribution is 0.384. The summed E-state index contributed by atoms with van der Waals surface area (Å²) in [7, 11) is 1.44. The molecule has 0 aliphatic carbocycles. The van der Waals surface area contributed by atoms with Gasteiger partial charge in [-0.25, -0.2) is 22.0 Å². The Morgan fingerprint density at radius 1 is 0.615 bits per heavy atom. The van der Waals surface area contributed by atoms with Gasteiger partial charge in [0.2, 0.25) is 5.82 Å². The number of halogens is 6. The maximum Gasteiger partial charge on any atom is 0.200 e. The van der Waals surface area contributed by atoms with E-state index in [0.29, 0.717) is 0 Å². The van der Waals surface area contributed by atoms with Crippen LogP contribution >= 0.6 is 21.6 Å². The Morgan fingerprint density at radius 3 is 1.15 bits per heavy atom. The highest BCUT2D eigenvalue weighted by Gasteiger charge is 2.22. The van der Waals surface area contributed by atoms with Gasteiger partial charge in [0.25, 0.3) is 0 Å². The molecule has 0 amide bonds. The van der Waals surface area contributed by atoms with E-state index >= 15 is 0 Å². The standard InChI is InChI=1S/C6H2F5P.ClH/c7-1-2(8)4(10)6(12)5(11)3(1)9;/h12H2;1H. The van der Waals surface area contributed by atoms with Crippen molar-refractivity contribution < 1.29 is 22.0 Å². The van der Waals surface area contributed by atoms with Crippen LogP contribution < -0.4 is 5.30 Å². The molecule has 13 heavy (non-hydrogen) atoms. The van der Waals surface area contributed by atoms with E-state index in [0.717, 1.165) is 0 Å². The predicted octanol–water partition coefficient (Wildman–Crippen LogP) is 2.30. The third kappa shape index (κ3) is 1.92. The average Bonchev–Trinajstić information content (AvgIpc) is 2.08. The van der Waals surface area contributed by atoms with Crippen LogP contribution in [0.25, 0.3) is 0 Å². The van der Waals surface area contributed by atoms with Crippen molar-refractivity contribution in [3.8, 4) is 0 Å². The van der Waals surface area contributed by atoms with Crippen LogP contribution in [-0.4, -0.2) is 0 Å². The second kappa shape index (κ2) is 4.20. The molecule has 74 valence electrons. The fourth-order valence-electron chi connectivity index (χ4n) is 0.622. The second-order valence-corrected chi connectivity index (χ2v) is 2.56. The first-order valence-corrected chi connectivity index (χ1v) is 3.31. The predicted molar refractivity (Wildman–Crippen MR) is 42.8 cm³/mol. The summed E-state index contributed by atoms with van der Waals surface area (Å²) in [6.07, 6.45) is 0. The van der Waals surface area contributed by atoms with Crippen molar-refractivity contribution in [3.05, 3.63) is 29.1 Å². The monoisotopic (exact) mass is 236 g/mol. The van der Waals surface area contributed by atoms with E-state index < -0.39 is 34.4 Å². The summed E-state index contributed by atoms with van der Waals surface area (Å²) in [4.78, 5) is 0. The van der Waals surface area contributed by atoms with Crippen LogP contribution in [0.15, 0.2) is 0 Å². The summed E-state index contributed by atoms with van der Waals surface area (Å²) >= 11 is 0. The Kier molecular flexibility index (Phi) is 4.07. The van der Waals surface area contributed by atoms with E-state index in [-0.39, 0.29) is 12.4 Å². The Hall–Kier alpha value is -0.410. The van der Waals surface area contributed by atoms with Gasteiger partial charge < -0.3 is 0 Å². The minimum atomic E-state index is -2.14. The number of hydrogen-bond donors (Lipinski definition) is 0. The van der Waals surface area contributed by atoms with Crippen molar-refractivity contribution in [1.82, 2.24) is 0 Å². The lowest BCUT2D eigenvalue weighted by atomic mass is 10.3. The zero-order chi connectivity index (χ0) is 9.46. The van der Waals surface area contributed by atoms with Crippen molar-refractivity contribution in [1.29, 1.82) is 0 Å². The number of rotatable bonds is 0. The Morgan fingerprint density at radius 2 is 0.846 bits per heavy atom. The van der Waals surface area contributed by atoms with Gasteiger partial charge in [0.15, 0.2) is 23.3 Å². The van der Waals surface area contributed by atoms with Gasteiger partial charge in [0.1, 0.15) is 0 Å². The van der Waals surface area contributed by atoms with Crippen molar-refractivity contribution in [2.24, 2.45) is 0 Å². The molecule has 0 radical (unpaired) electrons. The van der Waals surface area contributed by atoms with Gasteiger partial charge in [0.05, 0.1) is 0 Å². The van der Waals surface area contributed by atoms with Gasteiger partial charge in [-0.15, -0.1) is 12.4 Å². The lowest BCUT2D eigenvalue weighted by Crippen LogP contribution is -2.13. The molecule has 0 heterocycles. The van der Waals surface area contributed by atoms with Crippen molar-refractivity contribution in [3.63, 3.8) is 0 Å². The van der Waals surface area contributed by atoms with Crippen LogP contribution in [0, 0.1) is 29.1 Å². The number of benzene rings is 1. The molecule has 0 aliphatic heterocycles.